The van der Waals surface area contributed by atoms with Gasteiger partial charge in [0.05, 0.1) is 12.2 Å². The largest absolute Gasteiger partial charge is 0.493 e. The standard InChI is InChI=1S/C17H26O4/c1-4-14-15(17(18)19)8-7-9-16(14)21-11-6-5-10-20-12-13(2)3/h7-9,13H,4-6,10-12H2,1-3H3,(H,18,19). The van der Waals surface area contributed by atoms with Gasteiger partial charge in [0.1, 0.15) is 5.75 Å². The molecule has 0 spiro atoms. The fourth-order valence-electron chi connectivity index (χ4n) is 2.07. The maximum absolute atomic E-state index is 11.2. The second-order valence-electron chi connectivity index (χ2n) is 5.47. The molecule has 0 aliphatic rings. The maximum Gasteiger partial charge on any atom is 0.336 e. The molecule has 0 atom stereocenters. The molecule has 1 rings (SSSR count). The molecule has 0 bridgehead atoms. The Morgan fingerprint density at radius 2 is 1.95 bits per heavy atom. The monoisotopic (exact) mass is 294 g/mol. The smallest absolute Gasteiger partial charge is 0.336 e. The average Bonchev–Trinajstić information content (AvgIpc) is 2.45. The topological polar surface area (TPSA) is 55.8 Å². The van der Waals surface area contributed by atoms with Gasteiger partial charge in [-0.2, -0.15) is 0 Å². The zero-order chi connectivity index (χ0) is 15.7. The normalized spacial score (nSPS) is 10.9. The summed E-state index contributed by atoms with van der Waals surface area (Å²) in [5.74, 6) is 0.340. The molecule has 0 saturated heterocycles. The molecule has 21 heavy (non-hydrogen) atoms. The molecular formula is C17H26O4. The number of carbonyl (C=O) groups is 1. The highest BCUT2D eigenvalue weighted by atomic mass is 16.5. The first kappa shape index (κ1) is 17.5. The van der Waals surface area contributed by atoms with Gasteiger partial charge in [-0.3, -0.25) is 0 Å². The number of unbranched alkanes of at least 4 members (excludes halogenated alkanes) is 1. The van der Waals surface area contributed by atoms with E-state index < -0.39 is 5.97 Å². The van der Waals surface area contributed by atoms with Gasteiger partial charge in [-0.1, -0.05) is 26.8 Å². The van der Waals surface area contributed by atoms with Crippen LogP contribution in [0.2, 0.25) is 0 Å². The van der Waals surface area contributed by atoms with Crippen LogP contribution in [0.1, 0.15) is 49.5 Å². The van der Waals surface area contributed by atoms with Crippen molar-refractivity contribution in [3.63, 3.8) is 0 Å². The summed E-state index contributed by atoms with van der Waals surface area (Å²) >= 11 is 0. The molecule has 0 unspecified atom stereocenters. The molecule has 0 fully saturated rings. The predicted molar refractivity (Wildman–Crippen MR) is 83.2 cm³/mol. The Bertz CT molecular complexity index is 440. The highest BCUT2D eigenvalue weighted by Gasteiger charge is 2.13. The van der Waals surface area contributed by atoms with E-state index in [1.54, 1.807) is 12.1 Å². The van der Waals surface area contributed by atoms with Crippen molar-refractivity contribution in [2.24, 2.45) is 5.92 Å². The van der Waals surface area contributed by atoms with E-state index in [1.165, 1.54) is 0 Å². The van der Waals surface area contributed by atoms with Crippen LogP contribution < -0.4 is 4.74 Å². The summed E-state index contributed by atoms with van der Waals surface area (Å²) in [4.78, 5) is 11.2. The number of carboxylic acids is 1. The van der Waals surface area contributed by atoms with Crippen LogP contribution in [-0.2, 0) is 11.2 Å². The second-order valence-corrected chi connectivity index (χ2v) is 5.47. The van der Waals surface area contributed by atoms with Gasteiger partial charge in [0, 0.05) is 18.8 Å². The van der Waals surface area contributed by atoms with Crippen LogP contribution in [0.4, 0.5) is 0 Å². The van der Waals surface area contributed by atoms with E-state index in [0.29, 0.717) is 30.3 Å². The van der Waals surface area contributed by atoms with E-state index in [1.807, 2.05) is 13.0 Å². The van der Waals surface area contributed by atoms with Crippen molar-refractivity contribution in [3.8, 4) is 5.75 Å². The van der Waals surface area contributed by atoms with Gasteiger partial charge in [-0.05, 0) is 37.3 Å². The number of hydrogen-bond acceptors (Lipinski definition) is 3. The lowest BCUT2D eigenvalue weighted by atomic mass is 10.0. The van der Waals surface area contributed by atoms with Crippen LogP contribution >= 0.6 is 0 Å². The summed E-state index contributed by atoms with van der Waals surface area (Å²) in [7, 11) is 0. The van der Waals surface area contributed by atoms with Crippen molar-refractivity contribution in [1.82, 2.24) is 0 Å². The molecule has 1 N–H and O–H groups in total. The maximum atomic E-state index is 11.2. The third kappa shape index (κ3) is 6.17. The molecular weight excluding hydrogens is 268 g/mol. The minimum absolute atomic E-state index is 0.329. The lowest BCUT2D eigenvalue weighted by Gasteiger charge is -2.12. The molecule has 0 aliphatic carbocycles. The van der Waals surface area contributed by atoms with E-state index in [2.05, 4.69) is 13.8 Å². The number of carboxylic acid groups (broad SMARTS) is 1. The van der Waals surface area contributed by atoms with E-state index in [9.17, 15) is 4.79 Å². The van der Waals surface area contributed by atoms with E-state index in [0.717, 1.165) is 31.6 Å². The number of aromatic carboxylic acids is 1. The van der Waals surface area contributed by atoms with E-state index >= 15 is 0 Å². The van der Waals surface area contributed by atoms with Gasteiger partial charge >= 0.3 is 5.97 Å². The van der Waals surface area contributed by atoms with Crippen molar-refractivity contribution in [2.45, 2.75) is 40.0 Å². The third-order valence-corrected chi connectivity index (χ3v) is 3.11. The molecule has 0 amide bonds. The first-order valence-electron chi connectivity index (χ1n) is 7.62. The lowest BCUT2D eigenvalue weighted by molar-refractivity contribution is 0.0695. The number of rotatable bonds is 10. The van der Waals surface area contributed by atoms with Crippen molar-refractivity contribution in [1.29, 1.82) is 0 Å². The zero-order valence-corrected chi connectivity index (χ0v) is 13.2. The molecule has 1 aromatic rings. The summed E-state index contributed by atoms with van der Waals surface area (Å²) in [5.41, 5.74) is 1.09. The van der Waals surface area contributed by atoms with Crippen LogP contribution in [0, 0.1) is 5.92 Å². The van der Waals surface area contributed by atoms with E-state index in [4.69, 9.17) is 14.6 Å². The Morgan fingerprint density at radius 3 is 2.57 bits per heavy atom. The van der Waals surface area contributed by atoms with Crippen molar-refractivity contribution < 1.29 is 19.4 Å². The molecule has 1 aromatic carbocycles. The zero-order valence-electron chi connectivity index (χ0n) is 13.2. The first-order valence-corrected chi connectivity index (χ1v) is 7.62. The molecule has 118 valence electrons. The molecule has 4 nitrogen and oxygen atoms in total. The van der Waals surface area contributed by atoms with Crippen LogP contribution in [0.5, 0.6) is 5.75 Å². The SMILES string of the molecule is CCc1c(OCCCCOCC(C)C)cccc1C(=O)O. The second kappa shape index (κ2) is 9.40. The Morgan fingerprint density at radius 1 is 1.24 bits per heavy atom. The minimum atomic E-state index is -0.903. The molecule has 4 heteroatoms. The number of ether oxygens (including phenoxy) is 2. The summed E-state index contributed by atoms with van der Waals surface area (Å²) in [5, 5.41) is 9.16. The minimum Gasteiger partial charge on any atom is -0.493 e. The predicted octanol–water partition coefficient (Wildman–Crippen LogP) is 3.78. The molecule has 0 radical (unpaired) electrons. The summed E-state index contributed by atoms with van der Waals surface area (Å²) in [6, 6.07) is 5.18. The molecule has 0 aliphatic heterocycles. The van der Waals surface area contributed by atoms with Gasteiger partial charge in [0.2, 0.25) is 0 Å². The Labute approximate surface area is 127 Å². The van der Waals surface area contributed by atoms with Crippen LogP contribution in [0.15, 0.2) is 18.2 Å². The molecule has 0 heterocycles. The summed E-state index contributed by atoms with van der Waals surface area (Å²) in [6.45, 7) is 8.32. The highest BCUT2D eigenvalue weighted by molar-refractivity contribution is 5.90. The van der Waals surface area contributed by atoms with Crippen molar-refractivity contribution in [2.75, 3.05) is 19.8 Å². The van der Waals surface area contributed by atoms with Gasteiger partial charge in [0.25, 0.3) is 0 Å². The Hall–Kier alpha value is -1.55. The quantitative estimate of drug-likeness (QED) is 0.667. The molecule has 0 saturated carbocycles. The van der Waals surface area contributed by atoms with Gasteiger partial charge < -0.3 is 14.6 Å². The summed E-state index contributed by atoms with van der Waals surface area (Å²) < 4.78 is 11.2. The summed E-state index contributed by atoms with van der Waals surface area (Å²) in [6.07, 6.45) is 2.50. The average molecular weight is 294 g/mol. The fraction of sp³-hybridized carbons (Fsp3) is 0.588. The third-order valence-electron chi connectivity index (χ3n) is 3.11. The van der Waals surface area contributed by atoms with E-state index in [-0.39, 0.29) is 0 Å². The van der Waals surface area contributed by atoms with Crippen LogP contribution in [-0.4, -0.2) is 30.9 Å². The Kier molecular flexibility index (Phi) is 7.83. The van der Waals surface area contributed by atoms with Gasteiger partial charge in [-0.25, -0.2) is 4.79 Å². The van der Waals surface area contributed by atoms with Gasteiger partial charge in [-0.15, -0.1) is 0 Å². The fourth-order valence-corrected chi connectivity index (χ4v) is 2.07. The van der Waals surface area contributed by atoms with Gasteiger partial charge in [0.15, 0.2) is 0 Å². The Balaban J connectivity index is 2.38. The van der Waals surface area contributed by atoms with Crippen LogP contribution in [0.25, 0.3) is 0 Å². The van der Waals surface area contributed by atoms with Crippen LogP contribution in [0.3, 0.4) is 0 Å². The first-order chi connectivity index (χ1) is 10.1. The number of hydrogen-bond donors (Lipinski definition) is 1. The van der Waals surface area contributed by atoms with Crippen molar-refractivity contribution >= 4 is 5.97 Å². The number of benzene rings is 1. The van der Waals surface area contributed by atoms with Crippen molar-refractivity contribution in [3.05, 3.63) is 29.3 Å². The lowest BCUT2D eigenvalue weighted by Crippen LogP contribution is -2.07. The molecule has 0 aromatic heterocycles. The highest BCUT2D eigenvalue weighted by Crippen LogP contribution is 2.23.